The quantitative estimate of drug-likeness (QED) is 0.844. The Labute approximate surface area is 107 Å². The minimum absolute atomic E-state index is 0.289. The second-order valence-corrected chi connectivity index (χ2v) is 4.09. The SMILES string of the molecule is NC(=O)CCNc1ccc(-c2ccccc2)cc1. The molecule has 18 heavy (non-hydrogen) atoms. The van der Waals surface area contributed by atoms with Crippen molar-refractivity contribution in [2.75, 3.05) is 11.9 Å². The first kappa shape index (κ1) is 12.2. The van der Waals surface area contributed by atoms with Crippen LogP contribution >= 0.6 is 0 Å². The lowest BCUT2D eigenvalue weighted by molar-refractivity contribution is -0.117. The predicted molar refractivity (Wildman–Crippen MR) is 74.2 cm³/mol. The minimum atomic E-state index is -0.289. The Bertz CT molecular complexity index is 506. The second-order valence-electron chi connectivity index (χ2n) is 4.09. The second kappa shape index (κ2) is 5.87. The Morgan fingerprint density at radius 2 is 1.56 bits per heavy atom. The van der Waals surface area contributed by atoms with Gasteiger partial charge in [-0.1, -0.05) is 42.5 Å². The molecule has 0 aliphatic heterocycles. The normalized spacial score (nSPS) is 10.0. The van der Waals surface area contributed by atoms with E-state index in [1.165, 1.54) is 11.1 Å². The van der Waals surface area contributed by atoms with Gasteiger partial charge in [0, 0.05) is 18.7 Å². The largest absolute Gasteiger partial charge is 0.385 e. The van der Waals surface area contributed by atoms with Gasteiger partial charge in [0.1, 0.15) is 0 Å². The lowest BCUT2D eigenvalue weighted by Gasteiger charge is -2.06. The van der Waals surface area contributed by atoms with Crippen molar-refractivity contribution < 1.29 is 4.79 Å². The molecular weight excluding hydrogens is 224 g/mol. The summed E-state index contributed by atoms with van der Waals surface area (Å²) in [5.41, 5.74) is 8.45. The van der Waals surface area contributed by atoms with Crippen molar-refractivity contribution in [3.63, 3.8) is 0 Å². The van der Waals surface area contributed by atoms with Crippen molar-refractivity contribution in [3.05, 3.63) is 54.6 Å². The summed E-state index contributed by atoms with van der Waals surface area (Å²) in [4.78, 5) is 10.6. The van der Waals surface area contributed by atoms with Crippen molar-refractivity contribution in [1.82, 2.24) is 0 Å². The van der Waals surface area contributed by atoms with E-state index in [0.29, 0.717) is 13.0 Å². The average molecular weight is 240 g/mol. The molecule has 0 bridgehead atoms. The highest BCUT2D eigenvalue weighted by Crippen LogP contribution is 2.20. The highest BCUT2D eigenvalue weighted by molar-refractivity contribution is 5.74. The molecule has 0 unspecified atom stereocenters. The van der Waals surface area contributed by atoms with Crippen LogP contribution in [0.2, 0.25) is 0 Å². The van der Waals surface area contributed by atoms with Crippen molar-refractivity contribution in [2.45, 2.75) is 6.42 Å². The van der Waals surface area contributed by atoms with Gasteiger partial charge in [-0.25, -0.2) is 0 Å². The van der Waals surface area contributed by atoms with E-state index in [-0.39, 0.29) is 5.91 Å². The number of carbonyl (C=O) groups is 1. The van der Waals surface area contributed by atoms with E-state index in [1.807, 2.05) is 30.3 Å². The molecule has 3 heteroatoms. The highest BCUT2D eigenvalue weighted by atomic mass is 16.1. The average Bonchev–Trinajstić information content (AvgIpc) is 2.40. The van der Waals surface area contributed by atoms with Crippen LogP contribution in [0.25, 0.3) is 11.1 Å². The van der Waals surface area contributed by atoms with Crippen LogP contribution < -0.4 is 11.1 Å². The number of nitrogens with one attached hydrogen (secondary N) is 1. The van der Waals surface area contributed by atoms with Gasteiger partial charge in [-0.05, 0) is 23.3 Å². The zero-order valence-corrected chi connectivity index (χ0v) is 10.1. The topological polar surface area (TPSA) is 55.1 Å². The van der Waals surface area contributed by atoms with E-state index < -0.39 is 0 Å². The lowest BCUT2D eigenvalue weighted by Crippen LogP contribution is -2.15. The monoisotopic (exact) mass is 240 g/mol. The fourth-order valence-corrected chi connectivity index (χ4v) is 1.74. The zero-order valence-electron chi connectivity index (χ0n) is 10.1. The molecule has 3 nitrogen and oxygen atoms in total. The summed E-state index contributed by atoms with van der Waals surface area (Å²) >= 11 is 0. The predicted octanol–water partition coefficient (Wildman–Crippen LogP) is 2.64. The number of nitrogens with two attached hydrogens (primary N) is 1. The number of hydrogen-bond acceptors (Lipinski definition) is 2. The van der Waals surface area contributed by atoms with Gasteiger partial charge in [0.25, 0.3) is 0 Å². The zero-order chi connectivity index (χ0) is 12.8. The molecular formula is C15H16N2O. The van der Waals surface area contributed by atoms with E-state index >= 15 is 0 Å². The van der Waals surface area contributed by atoms with Gasteiger partial charge in [-0.15, -0.1) is 0 Å². The fourth-order valence-electron chi connectivity index (χ4n) is 1.74. The fraction of sp³-hybridized carbons (Fsp3) is 0.133. The van der Waals surface area contributed by atoms with Crippen LogP contribution in [0.3, 0.4) is 0 Å². The summed E-state index contributed by atoms with van der Waals surface area (Å²) in [7, 11) is 0. The molecule has 0 aromatic heterocycles. The first-order valence-corrected chi connectivity index (χ1v) is 5.93. The van der Waals surface area contributed by atoms with Crippen LogP contribution in [0.4, 0.5) is 5.69 Å². The van der Waals surface area contributed by atoms with Crippen LogP contribution in [-0.4, -0.2) is 12.5 Å². The molecule has 92 valence electrons. The Hall–Kier alpha value is -2.29. The number of benzene rings is 2. The summed E-state index contributed by atoms with van der Waals surface area (Å²) in [5, 5.41) is 3.15. The van der Waals surface area contributed by atoms with E-state index in [1.54, 1.807) is 0 Å². The number of hydrogen-bond donors (Lipinski definition) is 2. The molecule has 2 aromatic rings. The molecule has 0 heterocycles. The molecule has 0 aliphatic rings. The van der Waals surface area contributed by atoms with Gasteiger partial charge in [0.2, 0.25) is 5.91 Å². The van der Waals surface area contributed by atoms with Crippen LogP contribution in [0.15, 0.2) is 54.6 Å². The Morgan fingerprint density at radius 1 is 0.944 bits per heavy atom. The van der Waals surface area contributed by atoms with Gasteiger partial charge in [-0.3, -0.25) is 4.79 Å². The number of carbonyl (C=O) groups excluding carboxylic acids is 1. The summed E-state index contributed by atoms with van der Waals surface area (Å²) in [6.07, 6.45) is 0.348. The lowest BCUT2D eigenvalue weighted by atomic mass is 10.1. The Balaban J connectivity index is 2.00. The number of primary amides is 1. The number of anilines is 1. The molecule has 2 rings (SSSR count). The molecule has 0 radical (unpaired) electrons. The maximum Gasteiger partial charge on any atom is 0.219 e. The third-order valence-electron chi connectivity index (χ3n) is 2.69. The first-order chi connectivity index (χ1) is 8.75. The maximum absolute atomic E-state index is 10.6. The molecule has 3 N–H and O–H groups in total. The van der Waals surface area contributed by atoms with Crippen molar-refractivity contribution in [2.24, 2.45) is 5.73 Å². The van der Waals surface area contributed by atoms with Crippen molar-refractivity contribution in [3.8, 4) is 11.1 Å². The molecule has 0 saturated heterocycles. The standard InChI is InChI=1S/C15H16N2O/c16-15(18)10-11-17-14-8-6-13(7-9-14)12-4-2-1-3-5-12/h1-9,17H,10-11H2,(H2,16,18). The van der Waals surface area contributed by atoms with Crippen LogP contribution in [0, 0.1) is 0 Å². The number of amides is 1. The van der Waals surface area contributed by atoms with Crippen molar-refractivity contribution >= 4 is 11.6 Å². The van der Waals surface area contributed by atoms with Crippen LogP contribution in [0.5, 0.6) is 0 Å². The summed E-state index contributed by atoms with van der Waals surface area (Å²) < 4.78 is 0. The molecule has 0 aliphatic carbocycles. The first-order valence-electron chi connectivity index (χ1n) is 5.93. The molecule has 0 spiro atoms. The molecule has 0 saturated carbocycles. The van der Waals surface area contributed by atoms with Gasteiger partial charge >= 0.3 is 0 Å². The van der Waals surface area contributed by atoms with Crippen LogP contribution in [0.1, 0.15) is 6.42 Å². The summed E-state index contributed by atoms with van der Waals surface area (Å²) in [6, 6.07) is 18.3. The van der Waals surface area contributed by atoms with E-state index in [2.05, 4.69) is 29.6 Å². The highest BCUT2D eigenvalue weighted by Gasteiger charge is 1.98. The summed E-state index contributed by atoms with van der Waals surface area (Å²) in [6.45, 7) is 0.569. The number of rotatable bonds is 5. The third-order valence-corrected chi connectivity index (χ3v) is 2.69. The van der Waals surface area contributed by atoms with Crippen molar-refractivity contribution in [1.29, 1.82) is 0 Å². The Morgan fingerprint density at radius 3 is 2.17 bits per heavy atom. The van der Waals surface area contributed by atoms with E-state index in [4.69, 9.17) is 5.73 Å². The smallest absolute Gasteiger partial charge is 0.219 e. The summed E-state index contributed by atoms with van der Waals surface area (Å²) in [5.74, 6) is -0.289. The van der Waals surface area contributed by atoms with E-state index in [9.17, 15) is 4.79 Å². The van der Waals surface area contributed by atoms with Gasteiger partial charge < -0.3 is 11.1 Å². The van der Waals surface area contributed by atoms with Gasteiger partial charge in [0.15, 0.2) is 0 Å². The van der Waals surface area contributed by atoms with Gasteiger partial charge in [-0.2, -0.15) is 0 Å². The molecule has 2 aromatic carbocycles. The maximum atomic E-state index is 10.6. The van der Waals surface area contributed by atoms with E-state index in [0.717, 1.165) is 5.69 Å². The molecule has 0 fully saturated rings. The van der Waals surface area contributed by atoms with Gasteiger partial charge in [0.05, 0.1) is 0 Å². The molecule has 0 atom stereocenters. The third kappa shape index (κ3) is 3.35. The van der Waals surface area contributed by atoms with Crippen LogP contribution in [-0.2, 0) is 4.79 Å². The minimum Gasteiger partial charge on any atom is -0.385 e. The Kier molecular flexibility index (Phi) is 3.97. The molecule has 1 amide bonds.